The molecule has 0 aromatic carbocycles. The van der Waals surface area contributed by atoms with Gasteiger partial charge in [-0.25, -0.2) is 4.79 Å². The van der Waals surface area contributed by atoms with E-state index in [0.29, 0.717) is 31.1 Å². The van der Waals surface area contributed by atoms with E-state index in [1.165, 1.54) is 38.5 Å². The van der Waals surface area contributed by atoms with Crippen molar-refractivity contribution in [3.05, 3.63) is 0 Å². The van der Waals surface area contributed by atoms with E-state index >= 15 is 0 Å². The summed E-state index contributed by atoms with van der Waals surface area (Å²) in [5.74, 6) is 0.931. The quantitative estimate of drug-likeness (QED) is 0.797. The summed E-state index contributed by atoms with van der Waals surface area (Å²) in [5.41, 5.74) is 0. The lowest BCUT2D eigenvalue weighted by molar-refractivity contribution is -0.127. The van der Waals surface area contributed by atoms with Crippen molar-refractivity contribution in [2.45, 2.75) is 96.1 Å². The first kappa shape index (κ1) is 19.5. The van der Waals surface area contributed by atoms with E-state index in [1.807, 2.05) is 4.90 Å². The molecule has 3 amide bonds. The smallest absolute Gasteiger partial charge is 0.317 e. The molecule has 0 bridgehead atoms. The Hall–Kier alpha value is -1.26. The second kappa shape index (κ2) is 9.61. The summed E-state index contributed by atoms with van der Waals surface area (Å²) in [4.78, 5) is 27.1. The van der Waals surface area contributed by atoms with Crippen LogP contribution in [0.4, 0.5) is 4.79 Å². The summed E-state index contributed by atoms with van der Waals surface area (Å²) in [7, 11) is 0. The predicted octanol–water partition coefficient (Wildman–Crippen LogP) is 3.83. The number of hydrogen-bond acceptors (Lipinski definition) is 2. The lowest BCUT2D eigenvalue weighted by Gasteiger charge is -2.36. The number of carbonyl (C=O) groups excluding carboxylic acids is 2. The number of amides is 3. The molecular weight excluding hydrogens is 326 g/mol. The van der Waals surface area contributed by atoms with Crippen LogP contribution in [0.1, 0.15) is 84.0 Å². The third-order valence-corrected chi connectivity index (χ3v) is 6.85. The number of rotatable bonds is 4. The standard InChI is InChI=1S/C21H37N3O2/c1-2-16-8-6-7-11-19(16)23-21(26)24-14-12-17(13-15-24)20(25)22-18-9-4-3-5-10-18/h16-19H,2-15H2,1H3,(H,22,25)(H,23,26). The molecule has 2 saturated carbocycles. The summed E-state index contributed by atoms with van der Waals surface area (Å²) >= 11 is 0. The Labute approximate surface area is 158 Å². The van der Waals surface area contributed by atoms with E-state index in [2.05, 4.69) is 17.6 Å². The molecule has 1 heterocycles. The zero-order valence-electron chi connectivity index (χ0n) is 16.5. The van der Waals surface area contributed by atoms with Crippen molar-refractivity contribution in [1.29, 1.82) is 0 Å². The SMILES string of the molecule is CCC1CCCCC1NC(=O)N1CCC(C(=O)NC2CCCCC2)CC1. The first-order chi connectivity index (χ1) is 12.7. The second-order valence-electron chi connectivity index (χ2n) is 8.61. The number of likely N-dealkylation sites (tertiary alicyclic amines) is 1. The van der Waals surface area contributed by atoms with Crippen LogP contribution in [0.25, 0.3) is 0 Å². The first-order valence-electron chi connectivity index (χ1n) is 11.0. The van der Waals surface area contributed by atoms with Gasteiger partial charge in [0.2, 0.25) is 5.91 Å². The molecule has 5 nitrogen and oxygen atoms in total. The molecule has 1 aliphatic heterocycles. The molecule has 0 spiro atoms. The largest absolute Gasteiger partial charge is 0.353 e. The lowest BCUT2D eigenvalue weighted by Crippen LogP contribution is -2.52. The van der Waals surface area contributed by atoms with Crippen LogP contribution in [-0.4, -0.2) is 42.0 Å². The van der Waals surface area contributed by atoms with Gasteiger partial charge in [-0.3, -0.25) is 4.79 Å². The van der Waals surface area contributed by atoms with Crippen LogP contribution in [0.15, 0.2) is 0 Å². The average molecular weight is 364 g/mol. The van der Waals surface area contributed by atoms with Crippen molar-refractivity contribution >= 4 is 11.9 Å². The molecule has 0 aromatic heterocycles. The molecule has 1 saturated heterocycles. The van der Waals surface area contributed by atoms with Gasteiger partial charge in [-0.2, -0.15) is 0 Å². The summed E-state index contributed by atoms with van der Waals surface area (Å²) in [6.45, 7) is 3.64. The summed E-state index contributed by atoms with van der Waals surface area (Å²) in [6.07, 6.45) is 13.7. The Kier molecular flexibility index (Phi) is 7.21. The van der Waals surface area contributed by atoms with Crippen LogP contribution in [0.5, 0.6) is 0 Å². The minimum absolute atomic E-state index is 0.0825. The highest BCUT2D eigenvalue weighted by Crippen LogP contribution is 2.27. The van der Waals surface area contributed by atoms with Gasteiger partial charge >= 0.3 is 6.03 Å². The molecule has 3 fully saturated rings. The Bertz CT molecular complexity index is 468. The van der Waals surface area contributed by atoms with Crippen molar-refractivity contribution in [3.8, 4) is 0 Å². The third-order valence-electron chi connectivity index (χ3n) is 6.85. The number of nitrogens with one attached hydrogen (secondary N) is 2. The number of hydrogen-bond donors (Lipinski definition) is 2. The molecule has 2 unspecified atom stereocenters. The summed E-state index contributed by atoms with van der Waals surface area (Å²) in [5, 5.41) is 6.54. The molecule has 3 rings (SSSR count). The van der Waals surface area contributed by atoms with Gasteiger partial charge in [0.1, 0.15) is 0 Å². The normalized spacial score (nSPS) is 28.6. The fourth-order valence-corrected chi connectivity index (χ4v) is 5.05. The number of nitrogens with zero attached hydrogens (tertiary/aromatic N) is 1. The monoisotopic (exact) mass is 363 g/mol. The Morgan fingerprint density at radius 3 is 2.19 bits per heavy atom. The number of urea groups is 1. The summed E-state index contributed by atoms with van der Waals surface area (Å²) < 4.78 is 0. The van der Waals surface area contributed by atoms with Crippen LogP contribution < -0.4 is 10.6 Å². The molecule has 148 valence electrons. The molecule has 5 heteroatoms. The van der Waals surface area contributed by atoms with E-state index in [4.69, 9.17) is 0 Å². The lowest BCUT2D eigenvalue weighted by atomic mass is 9.83. The maximum Gasteiger partial charge on any atom is 0.317 e. The van der Waals surface area contributed by atoms with E-state index in [9.17, 15) is 9.59 Å². The van der Waals surface area contributed by atoms with E-state index in [1.54, 1.807) is 0 Å². The second-order valence-corrected chi connectivity index (χ2v) is 8.61. The minimum atomic E-state index is 0.0825. The van der Waals surface area contributed by atoms with E-state index < -0.39 is 0 Å². The molecule has 3 aliphatic rings. The predicted molar refractivity (Wildman–Crippen MR) is 104 cm³/mol. The van der Waals surface area contributed by atoms with Crippen molar-refractivity contribution in [2.24, 2.45) is 11.8 Å². The minimum Gasteiger partial charge on any atom is -0.353 e. The maximum atomic E-state index is 12.6. The fraction of sp³-hybridized carbons (Fsp3) is 0.905. The fourth-order valence-electron chi connectivity index (χ4n) is 5.05. The van der Waals surface area contributed by atoms with Crippen molar-refractivity contribution in [2.75, 3.05) is 13.1 Å². The zero-order chi connectivity index (χ0) is 18.4. The highest BCUT2D eigenvalue weighted by atomic mass is 16.2. The summed E-state index contributed by atoms with van der Waals surface area (Å²) in [6, 6.07) is 0.810. The van der Waals surface area contributed by atoms with Crippen LogP contribution >= 0.6 is 0 Å². The maximum absolute atomic E-state index is 12.6. The van der Waals surface area contributed by atoms with E-state index in [0.717, 1.165) is 38.5 Å². The van der Waals surface area contributed by atoms with Crippen LogP contribution in [0.3, 0.4) is 0 Å². The van der Waals surface area contributed by atoms with Gasteiger partial charge in [-0.05, 0) is 44.4 Å². The zero-order valence-corrected chi connectivity index (χ0v) is 16.5. The topological polar surface area (TPSA) is 61.4 Å². The number of carbonyl (C=O) groups is 2. The molecule has 2 atom stereocenters. The van der Waals surface area contributed by atoms with Gasteiger partial charge in [-0.15, -0.1) is 0 Å². The van der Waals surface area contributed by atoms with Crippen LogP contribution in [-0.2, 0) is 4.79 Å². The highest BCUT2D eigenvalue weighted by molar-refractivity contribution is 5.80. The Morgan fingerprint density at radius 1 is 0.846 bits per heavy atom. The van der Waals surface area contributed by atoms with E-state index in [-0.39, 0.29) is 17.9 Å². The van der Waals surface area contributed by atoms with Crippen molar-refractivity contribution in [3.63, 3.8) is 0 Å². The Morgan fingerprint density at radius 2 is 1.50 bits per heavy atom. The van der Waals surface area contributed by atoms with Crippen LogP contribution in [0, 0.1) is 11.8 Å². The average Bonchev–Trinajstić information content (AvgIpc) is 2.69. The van der Waals surface area contributed by atoms with Gasteiger partial charge in [-0.1, -0.05) is 45.4 Å². The molecule has 26 heavy (non-hydrogen) atoms. The molecule has 2 aliphatic carbocycles. The molecule has 0 aromatic rings. The van der Waals surface area contributed by atoms with Crippen LogP contribution in [0.2, 0.25) is 0 Å². The molecular formula is C21H37N3O2. The molecule has 0 radical (unpaired) electrons. The van der Waals surface area contributed by atoms with Crippen molar-refractivity contribution in [1.82, 2.24) is 15.5 Å². The van der Waals surface area contributed by atoms with Gasteiger partial charge < -0.3 is 15.5 Å². The van der Waals surface area contributed by atoms with Crippen molar-refractivity contribution < 1.29 is 9.59 Å². The molecule has 2 N–H and O–H groups in total. The number of piperidine rings is 1. The third kappa shape index (κ3) is 5.14. The Balaban J connectivity index is 1.41. The highest BCUT2D eigenvalue weighted by Gasteiger charge is 2.31. The first-order valence-corrected chi connectivity index (χ1v) is 11.0. The van der Waals surface area contributed by atoms with Gasteiger partial charge in [0.15, 0.2) is 0 Å². The van der Waals surface area contributed by atoms with Gasteiger partial charge in [0.25, 0.3) is 0 Å². The van der Waals surface area contributed by atoms with Gasteiger partial charge in [0.05, 0.1) is 0 Å². The van der Waals surface area contributed by atoms with Gasteiger partial charge in [0, 0.05) is 31.1 Å².